The summed E-state index contributed by atoms with van der Waals surface area (Å²) < 4.78 is 84.8. The lowest BCUT2D eigenvalue weighted by Gasteiger charge is -2.19. The highest BCUT2D eigenvalue weighted by atomic mass is 19.4. The van der Waals surface area contributed by atoms with Crippen LogP contribution in [-0.2, 0) is 17.9 Å². The van der Waals surface area contributed by atoms with Crippen molar-refractivity contribution in [2.75, 3.05) is 0 Å². The second-order valence-corrected chi connectivity index (χ2v) is 7.82. The van der Waals surface area contributed by atoms with Crippen molar-refractivity contribution < 1.29 is 45.8 Å². The molecule has 35 heavy (non-hydrogen) atoms. The van der Waals surface area contributed by atoms with Crippen molar-refractivity contribution in [2.45, 2.75) is 30.7 Å². The number of aromatic amines is 1. The van der Waals surface area contributed by atoms with Crippen molar-refractivity contribution in [2.24, 2.45) is 0 Å². The Balaban J connectivity index is 1.65. The van der Waals surface area contributed by atoms with Gasteiger partial charge in [-0.05, 0) is 48.7 Å². The summed E-state index contributed by atoms with van der Waals surface area (Å²) in [5.41, 5.74) is -4.30. The number of ether oxygens (including phenoxy) is 1. The predicted molar refractivity (Wildman–Crippen MR) is 107 cm³/mol. The molecule has 7 nitrogen and oxygen atoms in total. The van der Waals surface area contributed by atoms with Gasteiger partial charge in [-0.3, -0.25) is 4.79 Å². The first-order valence-electron chi connectivity index (χ1n) is 9.97. The van der Waals surface area contributed by atoms with Crippen LogP contribution in [0.3, 0.4) is 0 Å². The number of aromatic nitrogens is 2. The van der Waals surface area contributed by atoms with Gasteiger partial charge in [0.15, 0.2) is 5.69 Å². The number of amides is 1. The largest absolute Gasteiger partial charge is 0.478 e. The molecule has 1 heterocycles. The standard InChI is InChI=1S/C22H15F6N3O4/c23-21(24,25)13-2-1-3-14(10-13)35-18-15(16(30-31-18)22(26,27)28)17(32)29-20(8-9-20)12-6-4-11(5-7-12)19(33)34/h1-7,10H,8-9H2,(H,29,32)(H,30,31)(H,33,34). The topological polar surface area (TPSA) is 104 Å². The summed E-state index contributed by atoms with van der Waals surface area (Å²) in [6.45, 7) is 0. The molecule has 184 valence electrons. The molecule has 1 fully saturated rings. The van der Waals surface area contributed by atoms with Gasteiger partial charge in [0, 0.05) is 0 Å². The van der Waals surface area contributed by atoms with Gasteiger partial charge in [-0.2, -0.15) is 31.4 Å². The third kappa shape index (κ3) is 4.93. The van der Waals surface area contributed by atoms with Gasteiger partial charge in [-0.25, -0.2) is 9.89 Å². The molecule has 3 N–H and O–H groups in total. The van der Waals surface area contributed by atoms with E-state index in [0.29, 0.717) is 24.5 Å². The van der Waals surface area contributed by atoms with E-state index >= 15 is 0 Å². The fourth-order valence-electron chi connectivity index (χ4n) is 3.49. The maximum Gasteiger partial charge on any atom is 0.436 e. The Kier molecular flexibility index (Phi) is 5.73. The third-order valence-electron chi connectivity index (χ3n) is 5.40. The van der Waals surface area contributed by atoms with Crippen molar-refractivity contribution in [3.63, 3.8) is 0 Å². The number of alkyl halides is 6. The van der Waals surface area contributed by atoms with Gasteiger partial charge in [-0.1, -0.05) is 18.2 Å². The zero-order valence-corrected chi connectivity index (χ0v) is 17.4. The van der Waals surface area contributed by atoms with Crippen LogP contribution in [0.5, 0.6) is 11.6 Å². The van der Waals surface area contributed by atoms with Gasteiger partial charge in [-0.15, -0.1) is 0 Å². The Bertz CT molecular complexity index is 1280. The minimum absolute atomic E-state index is 0.0122. The van der Waals surface area contributed by atoms with Crippen molar-refractivity contribution in [3.8, 4) is 11.6 Å². The minimum Gasteiger partial charge on any atom is -0.478 e. The summed E-state index contributed by atoms with van der Waals surface area (Å²) in [4.78, 5) is 24.0. The van der Waals surface area contributed by atoms with Gasteiger partial charge >= 0.3 is 18.3 Å². The normalized spacial score (nSPS) is 14.9. The molecule has 1 amide bonds. The minimum atomic E-state index is -5.07. The molecule has 1 aromatic heterocycles. The summed E-state index contributed by atoms with van der Waals surface area (Å²) in [6, 6.07) is 8.88. The maximum absolute atomic E-state index is 13.6. The highest BCUT2D eigenvalue weighted by molar-refractivity contribution is 5.98. The molecule has 3 aromatic rings. The van der Waals surface area contributed by atoms with E-state index in [2.05, 4.69) is 10.4 Å². The predicted octanol–water partition coefficient (Wildman–Crippen LogP) is 5.36. The molecule has 2 aromatic carbocycles. The van der Waals surface area contributed by atoms with Gasteiger partial charge in [0.05, 0.1) is 16.7 Å². The van der Waals surface area contributed by atoms with E-state index in [9.17, 15) is 35.9 Å². The van der Waals surface area contributed by atoms with E-state index in [0.717, 1.165) is 18.2 Å². The second kappa shape index (κ2) is 8.32. The highest BCUT2D eigenvalue weighted by Crippen LogP contribution is 2.46. The van der Waals surface area contributed by atoms with Crippen molar-refractivity contribution in [1.82, 2.24) is 15.5 Å². The molecule has 0 spiro atoms. The molecule has 13 heteroatoms. The Morgan fingerprint density at radius 1 is 1.00 bits per heavy atom. The second-order valence-electron chi connectivity index (χ2n) is 7.82. The molecule has 0 saturated heterocycles. The first kappa shape index (κ1) is 24.1. The fraction of sp³-hybridized carbons (Fsp3) is 0.227. The lowest BCUT2D eigenvalue weighted by Crippen LogP contribution is -2.36. The van der Waals surface area contributed by atoms with Crippen molar-refractivity contribution >= 4 is 11.9 Å². The molecular weight excluding hydrogens is 484 g/mol. The number of carbonyl (C=O) groups excluding carboxylic acids is 1. The number of carbonyl (C=O) groups is 2. The first-order valence-corrected chi connectivity index (χ1v) is 9.97. The zero-order valence-electron chi connectivity index (χ0n) is 17.4. The Morgan fingerprint density at radius 3 is 2.20 bits per heavy atom. The SMILES string of the molecule is O=C(O)c1ccc(C2(NC(=O)c3c(C(F)(F)F)n[nH]c3Oc3cccc(C(F)(F)F)c3)CC2)cc1. The monoisotopic (exact) mass is 499 g/mol. The molecule has 0 bridgehead atoms. The van der Waals surface area contributed by atoms with Crippen LogP contribution < -0.4 is 10.1 Å². The van der Waals surface area contributed by atoms with Crippen LogP contribution in [0.25, 0.3) is 0 Å². The van der Waals surface area contributed by atoms with Crippen LogP contribution in [0.2, 0.25) is 0 Å². The smallest absolute Gasteiger partial charge is 0.436 e. The van der Waals surface area contributed by atoms with Gasteiger partial charge in [0.25, 0.3) is 5.91 Å². The summed E-state index contributed by atoms with van der Waals surface area (Å²) >= 11 is 0. The number of halogens is 6. The number of hydrogen-bond acceptors (Lipinski definition) is 4. The van der Waals surface area contributed by atoms with Gasteiger partial charge in [0.1, 0.15) is 11.3 Å². The highest BCUT2D eigenvalue weighted by Gasteiger charge is 2.48. The van der Waals surface area contributed by atoms with Crippen LogP contribution >= 0.6 is 0 Å². The van der Waals surface area contributed by atoms with Crippen LogP contribution in [0.15, 0.2) is 48.5 Å². The zero-order chi connectivity index (χ0) is 25.6. The summed E-state index contributed by atoms with van der Waals surface area (Å²) in [6.07, 6.45) is -9.06. The number of nitrogens with one attached hydrogen (secondary N) is 2. The number of benzene rings is 2. The summed E-state index contributed by atoms with van der Waals surface area (Å²) in [5, 5.41) is 16.6. The molecule has 0 atom stereocenters. The molecule has 0 unspecified atom stereocenters. The van der Waals surface area contributed by atoms with Gasteiger partial charge < -0.3 is 15.2 Å². The van der Waals surface area contributed by atoms with E-state index in [4.69, 9.17) is 9.84 Å². The van der Waals surface area contributed by atoms with Crippen molar-refractivity contribution in [3.05, 3.63) is 76.5 Å². The van der Waals surface area contributed by atoms with E-state index in [1.165, 1.54) is 24.3 Å². The van der Waals surface area contributed by atoms with Crippen LogP contribution in [-0.4, -0.2) is 27.2 Å². The lowest BCUT2D eigenvalue weighted by atomic mass is 10.0. The van der Waals surface area contributed by atoms with Crippen LogP contribution in [0.1, 0.15) is 50.4 Å². The summed E-state index contributed by atoms with van der Waals surface area (Å²) in [7, 11) is 0. The number of rotatable bonds is 6. The van der Waals surface area contributed by atoms with Gasteiger partial charge in [0.2, 0.25) is 5.88 Å². The Labute approximate surface area is 192 Å². The van der Waals surface area contributed by atoms with Crippen LogP contribution in [0, 0.1) is 0 Å². The molecule has 0 aliphatic heterocycles. The molecule has 1 saturated carbocycles. The number of hydrogen-bond donors (Lipinski definition) is 3. The van der Waals surface area contributed by atoms with E-state index in [-0.39, 0.29) is 5.56 Å². The number of carboxylic acid groups (broad SMARTS) is 1. The fourth-order valence-corrected chi connectivity index (χ4v) is 3.49. The first-order chi connectivity index (χ1) is 16.3. The molecule has 4 rings (SSSR count). The third-order valence-corrected chi connectivity index (χ3v) is 5.40. The number of carboxylic acids is 1. The molecular formula is C22H15F6N3O4. The average molecular weight is 499 g/mol. The van der Waals surface area contributed by atoms with Crippen molar-refractivity contribution in [1.29, 1.82) is 0 Å². The summed E-state index contributed by atoms with van der Waals surface area (Å²) in [5.74, 6) is -3.63. The van der Waals surface area contributed by atoms with Crippen LogP contribution in [0.4, 0.5) is 26.3 Å². The molecule has 1 aliphatic rings. The van der Waals surface area contributed by atoms with E-state index < -0.39 is 58.2 Å². The maximum atomic E-state index is 13.6. The average Bonchev–Trinajstić information content (AvgIpc) is 3.42. The number of aromatic carboxylic acids is 1. The number of H-pyrrole nitrogens is 1. The number of nitrogens with zero attached hydrogens (tertiary/aromatic N) is 1. The van der Waals surface area contributed by atoms with E-state index in [1.54, 1.807) is 0 Å². The Morgan fingerprint density at radius 2 is 1.66 bits per heavy atom. The molecule has 0 radical (unpaired) electrons. The Hall–Kier alpha value is -4.03. The lowest BCUT2D eigenvalue weighted by molar-refractivity contribution is -0.141. The molecule has 1 aliphatic carbocycles. The van der Waals surface area contributed by atoms with E-state index in [1.807, 2.05) is 5.10 Å². The quantitative estimate of drug-likeness (QED) is 0.397.